The average Bonchev–Trinajstić information content (AvgIpc) is 2.58. The van der Waals surface area contributed by atoms with Gasteiger partial charge in [0.15, 0.2) is 0 Å². The number of rotatable bonds is 7. The summed E-state index contributed by atoms with van der Waals surface area (Å²) >= 11 is 0. The van der Waals surface area contributed by atoms with E-state index in [9.17, 15) is 24.8 Å². The third kappa shape index (κ3) is 4.54. The van der Waals surface area contributed by atoms with Gasteiger partial charge >= 0.3 is 5.97 Å². The van der Waals surface area contributed by atoms with Crippen LogP contribution in [0.2, 0.25) is 0 Å². The van der Waals surface area contributed by atoms with Crippen molar-refractivity contribution in [3.63, 3.8) is 0 Å². The lowest BCUT2D eigenvalue weighted by Crippen LogP contribution is -2.41. The van der Waals surface area contributed by atoms with Crippen molar-refractivity contribution in [3.05, 3.63) is 69.8 Å². The third-order valence-electron chi connectivity index (χ3n) is 3.67. The summed E-state index contributed by atoms with van der Waals surface area (Å²) in [7, 11) is 0. The normalized spacial score (nSPS) is 11.5. The predicted octanol–water partition coefficient (Wildman–Crippen LogP) is 1.99. The standard InChI is InChI=1S/C17H17N3O5/c18-12-7-4-8-14(20(24)25)15(12)16(21)19-13(17(22)23)10-9-11-5-2-1-3-6-11/h1-8,13H,9-10,18H2,(H,19,21)(H,22,23). The maximum absolute atomic E-state index is 12.4. The summed E-state index contributed by atoms with van der Waals surface area (Å²) in [5, 5.41) is 22.7. The summed E-state index contributed by atoms with van der Waals surface area (Å²) < 4.78 is 0. The van der Waals surface area contributed by atoms with E-state index in [1.807, 2.05) is 30.3 Å². The van der Waals surface area contributed by atoms with Crippen LogP contribution in [-0.2, 0) is 11.2 Å². The van der Waals surface area contributed by atoms with Crippen molar-refractivity contribution in [3.8, 4) is 0 Å². The van der Waals surface area contributed by atoms with Crippen molar-refractivity contribution in [2.24, 2.45) is 0 Å². The number of carboxylic acids is 1. The first-order valence-electron chi connectivity index (χ1n) is 7.50. The molecule has 0 fully saturated rings. The van der Waals surface area contributed by atoms with E-state index in [1.54, 1.807) is 0 Å². The Morgan fingerprint density at radius 2 is 1.84 bits per heavy atom. The van der Waals surface area contributed by atoms with E-state index in [0.717, 1.165) is 11.6 Å². The largest absolute Gasteiger partial charge is 0.480 e. The number of nitrogens with two attached hydrogens (primary N) is 1. The molecule has 0 saturated carbocycles. The predicted molar refractivity (Wildman–Crippen MR) is 91.2 cm³/mol. The van der Waals surface area contributed by atoms with Crippen LogP contribution in [-0.4, -0.2) is 27.9 Å². The zero-order valence-corrected chi connectivity index (χ0v) is 13.2. The van der Waals surface area contributed by atoms with Gasteiger partial charge in [0.25, 0.3) is 11.6 Å². The molecule has 1 unspecified atom stereocenters. The van der Waals surface area contributed by atoms with Crippen LogP contribution in [0.25, 0.3) is 0 Å². The second-order valence-electron chi connectivity index (χ2n) is 5.39. The van der Waals surface area contributed by atoms with Gasteiger partial charge < -0.3 is 16.2 Å². The second kappa shape index (κ2) is 7.91. The molecule has 0 spiro atoms. The number of aliphatic carboxylic acids is 1. The van der Waals surface area contributed by atoms with Crippen LogP contribution in [0.5, 0.6) is 0 Å². The number of nitrogen functional groups attached to an aromatic ring is 1. The minimum Gasteiger partial charge on any atom is -0.480 e. The van der Waals surface area contributed by atoms with Gasteiger partial charge in [-0.2, -0.15) is 0 Å². The van der Waals surface area contributed by atoms with Crippen LogP contribution in [0.4, 0.5) is 11.4 Å². The second-order valence-corrected chi connectivity index (χ2v) is 5.39. The number of aryl methyl sites for hydroxylation is 1. The van der Waals surface area contributed by atoms with Gasteiger partial charge in [0.1, 0.15) is 11.6 Å². The van der Waals surface area contributed by atoms with E-state index in [2.05, 4.69) is 5.32 Å². The molecule has 4 N–H and O–H groups in total. The van der Waals surface area contributed by atoms with E-state index in [-0.39, 0.29) is 17.7 Å². The molecule has 130 valence electrons. The quantitative estimate of drug-likeness (QED) is 0.399. The molecule has 8 heteroatoms. The summed E-state index contributed by atoms with van der Waals surface area (Å²) in [6.45, 7) is 0. The molecular weight excluding hydrogens is 326 g/mol. The van der Waals surface area contributed by atoms with Crippen LogP contribution in [0.1, 0.15) is 22.3 Å². The fourth-order valence-corrected chi connectivity index (χ4v) is 2.40. The van der Waals surface area contributed by atoms with Gasteiger partial charge in [-0.05, 0) is 24.5 Å². The van der Waals surface area contributed by atoms with Crippen molar-refractivity contribution in [1.82, 2.24) is 5.32 Å². The van der Waals surface area contributed by atoms with Crippen molar-refractivity contribution in [2.45, 2.75) is 18.9 Å². The third-order valence-corrected chi connectivity index (χ3v) is 3.67. The van der Waals surface area contributed by atoms with Crippen molar-refractivity contribution in [1.29, 1.82) is 0 Å². The highest BCUT2D eigenvalue weighted by atomic mass is 16.6. The molecule has 2 aromatic rings. The number of carboxylic acid groups (broad SMARTS) is 1. The minimum absolute atomic E-state index is 0.0844. The molecular formula is C17H17N3O5. The number of hydrogen-bond donors (Lipinski definition) is 3. The molecule has 2 aromatic carbocycles. The van der Waals surface area contributed by atoms with Crippen LogP contribution in [0.3, 0.4) is 0 Å². The average molecular weight is 343 g/mol. The van der Waals surface area contributed by atoms with E-state index in [0.29, 0.717) is 6.42 Å². The Morgan fingerprint density at radius 3 is 2.44 bits per heavy atom. The van der Waals surface area contributed by atoms with E-state index in [1.165, 1.54) is 12.1 Å². The number of nitrogens with one attached hydrogen (secondary N) is 1. The molecule has 0 aliphatic rings. The van der Waals surface area contributed by atoms with Gasteiger partial charge in [-0.25, -0.2) is 4.79 Å². The smallest absolute Gasteiger partial charge is 0.326 e. The van der Waals surface area contributed by atoms with Gasteiger partial charge in [0, 0.05) is 6.07 Å². The summed E-state index contributed by atoms with van der Waals surface area (Å²) in [6.07, 6.45) is 0.579. The Hall–Kier alpha value is -3.42. The fourth-order valence-electron chi connectivity index (χ4n) is 2.40. The number of nitro benzene ring substituents is 1. The highest BCUT2D eigenvalue weighted by molar-refractivity contribution is 6.04. The lowest BCUT2D eigenvalue weighted by molar-refractivity contribution is -0.385. The number of anilines is 1. The van der Waals surface area contributed by atoms with E-state index < -0.39 is 28.5 Å². The fraction of sp³-hybridized carbons (Fsp3) is 0.176. The molecule has 0 radical (unpaired) electrons. The molecule has 8 nitrogen and oxygen atoms in total. The van der Waals surface area contributed by atoms with Gasteiger partial charge in [-0.3, -0.25) is 14.9 Å². The number of amides is 1. The van der Waals surface area contributed by atoms with E-state index in [4.69, 9.17) is 5.73 Å². The highest BCUT2D eigenvalue weighted by Crippen LogP contribution is 2.24. The molecule has 0 heterocycles. The molecule has 1 amide bonds. The van der Waals surface area contributed by atoms with Crippen molar-refractivity contribution < 1.29 is 19.6 Å². The zero-order chi connectivity index (χ0) is 18.4. The lowest BCUT2D eigenvalue weighted by atomic mass is 10.0. The Labute approximate surface area is 143 Å². The monoisotopic (exact) mass is 343 g/mol. The number of carbonyl (C=O) groups excluding carboxylic acids is 1. The number of hydrogen-bond acceptors (Lipinski definition) is 5. The summed E-state index contributed by atoms with van der Waals surface area (Å²) in [5.74, 6) is -2.10. The Bertz CT molecular complexity index is 792. The number of benzene rings is 2. The molecule has 2 rings (SSSR count). The molecule has 25 heavy (non-hydrogen) atoms. The molecule has 0 aliphatic carbocycles. The Kier molecular flexibility index (Phi) is 5.67. The Balaban J connectivity index is 2.16. The number of nitrogens with zero attached hydrogens (tertiary/aromatic N) is 1. The first-order chi connectivity index (χ1) is 11.9. The zero-order valence-electron chi connectivity index (χ0n) is 13.2. The van der Waals surface area contributed by atoms with Crippen LogP contribution < -0.4 is 11.1 Å². The summed E-state index contributed by atoms with van der Waals surface area (Å²) in [4.78, 5) is 34.1. The Morgan fingerprint density at radius 1 is 1.16 bits per heavy atom. The molecule has 1 atom stereocenters. The maximum atomic E-state index is 12.4. The topological polar surface area (TPSA) is 136 Å². The van der Waals surface area contributed by atoms with Crippen LogP contribution in [0.15, 0.2) is 48.5 Å². The van der Waals surface area contributed by atoms with Crippen LogP contribution in [0, 0.1) is 10.1 Å². The lowest BCUT2D eigenvalue weighted by Gasteiger charge is -2.15. The van der Waals surface area contributed by atoms with Gasteiger partial charge in [-0.15, -0.1) is 0 Å². The van der Waals surface area contributed by atoms with Crippen molar-refractivity contribution in [2.75, 3.05) is 5.73 Å². The number of carbonyl (C=O) groups is 2. The maximum Gasteiger partial charge on any atom is 0.326 e. The summed E-state index contributed by atoms with van der Waals surface area (Å²) in [6, 6.07) is 11.9. The molecule has 0 aliphatic heterocycles. The van der Waals surface area contributed by atoms with Gasteiger partial charge in [-0.1, -0.05) is 36.4 Å². The van der Waals surface area contributed by atoms with E-state index >= 15 is 0 Å². The van der Waals surface area contributed by atoms with Gasteiger partial charge in [0.05, 0.1) is 10.6 Å². The highest BCUT2D eigenvalue weighted by Gasteiger charge is 2.27. The first-order valence-corrected chi connectivity index (χ1v) is 7.50. The molecule has 0 saturated heterocycles. The minimum atomic E-state index is -1.22. The first kappa shape index (κ1) is 17.9. The molecule has 0 bridgehead atoms. The molecule has 0 aromatic heterocycles. The number of nitro groups is 1. The summed E-state index contributed by atoms with van der Waals surface area (Å²) in [5.41, 5.74) is 5.70. The van der Waals surface area contributed by atoms with Crippen LogP contribution >= 0.6 is 0 Å². The SMILES string of the molecule is Nc1cccc([N+](=O)[O-])c1C(=O)NC(CCc1ccccc1)C(=O)O. The van der Waals surface area contributed by atoms with Crippen molar-refractivity contribution >= 4 is 23.3 Å². The van der Waals surface area contributed by atoms with Gasteiger partial charge in [0.2, 0.25) is 0 Å².